The summed E-state index contributed by atoms with van der Waals surface area (Å²) in [4.78, 5) is 0. The van der Waals surface area contributed by atoms with Crippen LogP contribution in [-0.4, -0.2) is 4.57 Å². The minimum absolute atomic E-state index is 0.0904. The van der Waals surface area contributed by atoms with E-state index in [1.54, 1.807) is 0 Å². The number of aromatic nitrogens is 1. The maximum absolute atomic E-state index is 4.00. The Kier molecular flexibility index (Phi) is 9.32. The molecule has 2 aliphatic carbocycles. The molecule has 83 heavy (non-hydrogen) atoms. The Labute approximate surface area is 482 Å². The van der Waals surface area contributed by atoms with Gasteiger partial charge in [-0.3, -0.25) is 0 Å². The summed E-state index contributed by atoms with van der Waals surface area (Å²) < 4.78 is 2.44. The van der Waals surface area contributed by atoms with Crippen LogP contribution in [0.5, 0.6) is 0 Å². The Morgan fingerprint density at radius 2 is 0.651 bits per heavy atom. The zero-order valence-electron chi connectivity index (χ0n) is 47.0. The lowest BCUT2D eigenvalue weighted by atomic mass is 9.80. The molecule has 0 saturated carbocycles. The van der Waals surface area contributed by atoms with E-state index in [2.05, 4.69) is 287 Å². The average Bonchev–Trinajstić information content (AvgIpc) is 2.70. The lowest BCUT2D eigenvalue weighted by Gasteiger charge is -2.25. The van der Waals surface area contributed by atoms with Crippen molar-refractivity contribution in [1.29, 1.82) is 0 Å². The second-order valence-electron chi connectivity index (χ2n) is 24.8. The maximum Gasteiger partial charge on any atom is 0.0501 e. The van der Waals surface area contributed by atoms with Gasteiger partial charge in [0.25, 0.3) is 0 Å². The summed E-state index contributed by atoms with van der Waals surface area (Å²) >= 11 is 0. The Bertz CT molecular complexity index is 5320. The molecule has 2 heterocycles. The molecule has 0 bridgehead atoms. The van der Waals surface area contributed by atoms with Crippen LogP contribution in [0.3, 0.4) is 0 Å². The molecule has 1 aliphatic heterocycles. The Hall–Kier alpha value is -10.0. The highest BCUT2D eigenvalue weighted by molar-refractivity contribution is 6.29. The Morgan fingerprint density at radius 3 is 1.13 bits per heavy atom. The molecule has 0 spiro atoms. The molecule has 0 fully saturated rings. The van der Waals surface area contributed by atoms with Crippen molar-refractivity contribution in [3.05, 3.63) is 265 Å². The highest BCUT2D eigenvalue weighted by Gasteiger charge is 2.37. The van der Waals surface area contributed by atoms with Gasteiger partial charge in [-0.25, -0.2) is 0 Å². The van der Waals surface area contributed by atoms with E-state index >= 15 is 0 Å². The summed E-state index contributed by atoms with van der Waals surface area (Å²) in [7, 11) is 2.26. The highest BCUT2D eigenvalue weighted by atomic mass is 14.9. The minimum Gasteiger partial charge on any atom is -0.354 e. The molecule has 14 aromatic carbocycles. The third kappa shape index (κ3) is 6.22. The number of nitrogens with zero attached hydrogens (tertiary/aromatic N) is 1. The number of anilines is 2. The smallest absolute Gasteiger partial charge is 0.0501 e. The van der Waals surface area contributed by atoms with Crippen molar-refractivity contribution in [3.63, 3.8) is 0 Å². The molecule has 3 aliphatic rings. The van der Waals surface area contributed by atoms with E-state index in [0.717, 1.165) is 11.4 Å². The molecule has 1 N–H and O–H groups in total. The average molecular weight is 1060 g/mol. The van der Waals surface area contributed by atoms with Gasteiger partial charge in [-0.15, -0.1) is 0 Å². The predicted molar refractivity (Wildman–Crippen MR) is 354 cm³/mol. The van der Waals surface area contributed by atoms with Gasteiger partial charge >= 0.3 is 0 Å². The fraction of sp³-hybridized carbons (Fsp3) is 0.0864. The molecular formula is C81H56N2. The maximum atomic E-state index is 4.00. The number of benzene rings is 14. The summed E-state index contributed by atoms with van der Waals surface area (Å²) in [6, 6.07) is 92.2. The van der Waals surface area contributed by atoms with Crippen molar-refractivity contribution >= 4 is 87.0 Å². The molecule has 2 nitrogen and oxygen atoms in total. The third-order valence-electron chi connectivity index (χ3n) is 19.9. The van der Waals surface area contributed by atoms with Crippen LogP contribution in [0.1, 0.15) is 49.9 Å². The molecule has 390 valence electrons. The summed E-state index contributed by atoms with van der Waals surface area (Å²) in [6.45, 7) is 9.51. The van der Waals surface area contributed by atoms with Crippen LogP contribution in [0, 0.1) is 0 Å². The molecule has 0 unspecified atom stereocenters. The number of hydrogen-bond acceptors (Lipinski definition) is 1. The number of nitrogens with one attached hydrogen (secondary N) is 1. The van der Waals surface area contributed by atoms with Crippen molar-refractivity contribution < 1.29 is 0 Å². The molecule has 0 saturated heterocycles. The van der Waals surface area contributed by atoms with Crippen molar-refractivity contribution in [1.82, 2.24) is 4.57 Å². The monoisotopic (exact) mass is 1060 g/mol. The van der Waals surface area contributed by atoms with Gasteiger partial charge < -0.3 is 9.88 Å². The lowest BCUT2D eigenvalue weighted by Crippen LogP contribution is -2.14. The second kappa shape index (κ2) is 16.6. The zero-order valence-corrected chi connectivity index (χ0v) is 47.0. The molecule has 0 atom stereocenters. The Morgan fingerprint density at radius 1 is 0.265 bits per heavy atom. The number of rotatable bonds is 4. The number of fused-ring (bicyclic) bond motifs is 16. The van der Waals surface area contributed by atoms with Crippen LogP contribution in [0.15, 0.2) is 243 Å². The fourth-order valence-corrected chi connectivity index (χ4v) is 16.0. The summed E-state index contributed by atoms with van der Waals surface area (Å²) in [5.74, 6) is 0. The Balaban J connectivity index is 0.777. The van der Waals surface area contributed by atoms with E-state index in [1.165, 1.54) is 176 Å². The van der Waals surface area contributed by atoms with Gasteiger partial charge in [0.2, 0.25) is 0 Å². The van der Waals surface area contributed by atoms with Crippen molar-refractivity contribution in [3.8, 4) is 77.9 Å². The SMILES string of the molecule is Cn1c2cc(-c3c4ccccc4c(-c4ccc5c(c4)C(C)(C)c4ccccc4-5)c4ccccc34)ccc2c2c3cccc4c3c(cc21)-c1ccc(-c2c3ccccc3c(-c3ccc5c(c3)C(C)(C)c3ccccc3-5)c3ccccc23)cc1N4. The van der Waals surface area contributed by atoms with Crippen LogP contribution in [0.4, 0.5) is 11.4 Å². The molecule has 0 radical (unpaired) electrons. The molecule has 1 aromatic heterocycles. The van der Waals surface area contributed by atoms with E-state index in [1.807, 2.05) is 0 Å². The van der Waals surface area contributed by atoms with E-state index in [4.69, 9.17) is 0 Å². The molecule has 15 aromatic rings. The number of aryl methyl sites for hydroxylation is 1. The number of hydrogen-bond donors (Lipinski definition) is 1. The summed E-state index contributed by atoms with van der Waals surface area (Å²) in [5, 5.41) is 19.2. The van der Waals surface area contributed by atoms with Gasteiger partial charge in [0.1, 0.15) is 0 Å². The van der Waals surface area contributed by atoms with Crippen LogP contribution in [0.2, 0.25) is 0 Å². The zero-order chi connectivity index (χ0) is 55.2. The van der Waals surface area contributed by atoms with Gasteiger partial charge in [0, 0.05) is 56.5 Å². The van der Waals surface area contributed by atoms with Crippen LogP contribution >= 0.6 is 0 Å². The first-order valence-electron chi connectivity index (χ1n) is 29.4. The fourth-order valence-electron chi connectivity index (χ4n) is 16.0. The van der Waals surface area contributed by atoms with Gasteiger partial charge in [0.15, 0.2) is 0 Å². The predicted octanol–water partition coefficient (Wildman–Crippen LogP) is 22.1. The minimum atomic E-state index is -0.0912. The van der Waals surface area contributed by atoms with Gasteiger partial charge in [-0.05, 0) is 179 Å². The summed E-state index contributed by atoms with van der Waals surface area (Å²) in [6.07, 6.45) is 0. The van der Waals surface area contributed by atoms with Gasteiger partial charge in [-0.1, -0.05) is 234 Å². The van der Waals surface area contributed by atoms with Crippen molar-refractivity contribution in [2.45, 2.75) is 38.5 Å². The normalized spacial score (nSPS) is 14.1. The standard InChI is InChI=1S/C81H56N2/c1-80(2)66-30-16-14-19-50(66)52-37-33-46(41-68(52)80)74-55-21-6-10-25-59(55)76(60-26-11-7-22-56(60)74)48-35-39-54-65-45-73-79(64-29-18-32-70(78(64)65)82-71(54)43-48)63-40-36-49(44-72(63)83(73)5)77-61-27-12-8-23-57(61)75(58-24-9-13-28-62(58)77)47-34-38-53-51-20-15-17-31-67(51)81(3,4)69(53)42-47/h6-45,82H,1-5H3. The highest BCUT2D eigenvalue weighted by Crippen LogP contribution is 2.55. The molecule has 0 amide bonds. The van der Waals surface area contributed by atoms with Crippen molar-refractivity contribution in [2.24, 2.45) is 7.05 Å². The van der Waals surface area contributed by atoms with E-state index in [9.17, 15) is 0 Å². The third-order valence-corrected chi connectivity index (χ3v) is 19.9. The van der Waals surface area contributed by atoms with Gasteiger partial charge in [0.05, 0.1) is 5.52 Å². The molecule has 2 heteroatoms. The summed E-state index contributed by atoms with van der Waals surface area (Å²) in [5.41, 5.74) is 28.0. The first-order valence-corrected chi connectivity index (χ1v) is 29.4. The van der Waals surface area contributed by atoms with E-state index in [0.29, 0.717) is 0 Å². The lowest BCUT2D eigenvalue weighted by molar-refractivity contribution is 0.660. The quantitative estimate of drug-likeness (QED) is 0.174. The van der Waals surface area contributed by atoms with Crippen LogP contribution in [0.25, 0.3) is 154 Å². The van der Waals surface area contributed by atoms with Gasteiger partial charge in [-0.2, -0.15) is 0 Å². The second-order valence-corrected chi connectivity index (χ2v) is 24.8. The van der Waals surface area contributed by atoms with E-state index in [-0.39, 0.29) is 10.8 Å². The van der Waals surface area contributed by atoms with E-state index < -0.39 is 0 Å². The van der Waals surface area contributed by atoms with Crippen LogP contribution < -0.4 is 5.32 Å². The van der Waals surface area contributed by atoms with Crippen LogP contribution in [-0.2, 0) is 17.9 Å². The molecular weight excluding hydrogens is 1000 g/mol. The first kappa shape index (κ1) is 46.7. The largest absolute Gasteiger partial charge is 0.354 e. The first-order chi connectivity index (χ1) is 40.6. The molecule has 18 rings (SSSR count). The topological polar surface area (TPSA) is 17.0 Å². The van der Waals surface area contributed by atoms with Crippen molar-refractivity contribution in [2.75, 3.05) is 5.32 Å².